The molecule has 4 rings (SSSR count). The van der Waals surface area contributed by atoms with Gasteiger partial charge in [0.25, 0.3) is 0 Å². The summed E-state index contributed by atoms with van der Waals surface area (Å²) in [6, 6.07) is 21.9. The molecule has 146 valence electrons. The number of halogens is 2. The second-order valence-electron chi connectivity index (χ2n) is 7.26. The van der Waals surface area contributed by atoms with Crippen LogP contribution >= 0.6 is 23.2 Å². The van der Waals surface area contributed by atoms with Crippen molar-refractivity contribution in [3.8, 4) is 0 Å². The highest BCUT2D eigenvalue weighted by Crippen LogP contribution is 2.27. The van der Waals surface area contributed by atoms with Crippen LogP contribution in [0.5, 0.6) is 0 Å². The number of hydrogen-bond donors (Lipinski definition) is 1. The van der Waals surface area contributed by atoms with Gasteiger partial charge in [-0.1, -0.05) is 77.3 Å². The molecule has 1 aliphatic carbocycles. The number of carbonyl (C=O) groups excluding carboxylic acids is 1. The van der Waals surface area contributed by atoms with E-state index in [0.717, 1.165) is 41.6 Å². The summed E-state index contributed by atoms with van der Waals surface area (Å²) < 4.78 is 0. The highest BCUT2D eigenvalue weighted by molar-refractivity contribution is 6.42. The van der Waals surface area contributed by atoms with Crippen molar-refractivity contribution in [2.45, 2.75) is 25.8 Å². The van der Waals surface area contributed by atoms with E-state index >= 15 is 0 Å². The fourth-order valence-electron chi connectivity index (χ4n) is 3.69. The van der Waals surface area contributed by atoms with Gasteiger partial charge in [-0.3, -0.25) is 4.79 Å². The highest BCUT2D eigenvalue weighted by atomic mass is 35.5. The minimum absolute atomic E-state index is 0.118. The molecule has 0 atom stereocenters. The molecule has 3 aromatic carbocycles. The predicted octanol–water partition coefficient (Wildman–Crippen LogP) is 6.90. The van der Waals surface area contributed by atoms with Crippen molar-refractivity contribution in [1.29, 1.82) is 0 Å². The lowest BCUT2D eigenvalue weighted by molar-refractivity contribution is 0.104. The van der Waals surface area contributed by atoms with Gasteiger partial charge in [0.15, 0.2) is 5.78 Å². The fraction of sp³-hybridized carbons (Fsp3) is 0.160. The van der Waals surface area contributed by atoms with E-state index in [2.05, 4.69) is 23.5 Å². The fourth-order valence-corrected chi connectivity index (χ4v) is 4.01. The maximum absolute atomic E-state index is 12.4. The van der Waals surface area contributed by atoms with Crippen LogP contribution in [0.3, 0.4) is 0 Å². The largest absolute Gasteiger partial charge is 0.381 e. The Bertz CT molecular complexity index is 1090. The van der Waals surface area contributed by atoms with Gasteiger partial charge < -0.3 is 5.32 Å². The van der Waals surface area contributed by atoms with Crippen molar-refractivity contribution in [3.63, 3.8) is 0 Å². The Labute approximate surface area is 181 Å². The number of anilines is 1. The summed E-state index contributed by atoms with van der Waals surface area (Å²) in [7, 11) is 0. The van der Waals surface area contributed by atoms with Crippen molar-refractivity contribution in [3.05, 3.63) is 111 Å². The molecule has 0 spiro atoms. The van der Waals surface area contributed by atoms with Crippen LogP contribution in [0.1, 0.15) is 33.5 Å². The first-order valence-electron chi connectivity index (χ1n) is 9.67. The molecular formula is C25H21Cl2NO. The first kappa shape index (κ1) is 19.8. The normalized spacial score (nSPS) is 13.0. The lowest BCUT2D eigenvalue weighted by atomic mass is 9.88. The molecule has 0 aliphatic heterocycles. The van der Waals surface area contributed by atoms with Crippen LogP contribution in [-0.4, -0.2) is 5.78 Å². The van der Waals surface area contributed by atoms with E-state index < -0.39 is 0 Å². The summed E-state index contributed by atoms with van der Waals surface area (Å²) >= 11 is 12.1. The molecule has 0 radical (unpaired) electrons. The molecule has 0 amide bonds. The van der Waals surface area contributed by atoms with Crippen molar-refractivity contribution in [2.75, 3.05) is 5.32 Å². The van der Waals surface area contributed by atoms with Crippen molar-refractivity contribution in [2.24, 2.45) is 0 Å². The molecule has 3 aromatic rings. The lowest BCUT2D eigenvalue weighted by Crippen LogP contribution is -2.10. The molecular weight excluding hydrogens is 401 g/mol. The van der Waals surface area contributed by atoms with Gasteiger partial charge in [0, 0.05) is 17.8 Å². The third kappa shape index (κ3) is 4.72. The number of benzene rings is 3. The zero-order valence-corrected chi connectivity index (χ0v) is 17.4. The smallest absolute Gasteiger partial charge is 0.186 e. The van der Waals surface area contributed by atoms with Crippen LogP contribution < -0.4 is 5.32 Å². The number of aryl methyl sites for hydroxylation is 1. The molecule has 2 nitrogen and oxygen atoms in total. The minimum atomic E-state index is 0.118. The zero-order chi connectivity index (χ0) is 20.2. The van der Waals surface area contributed by atoms with Gasteiger partial charge in [0.05, 0.1) is 10.0 Å². The topological polar surface area (TPSA) is 29.1 Å². The average Bonchev–Trinajstić information content (AvgIpc) is 2.74. The van der Waals surface area contributed by atoms with Gasteiger partial charge >= 0.3 is 0 Å². The second-order valence-corrected chi connectivity index (χ2v) is 8.07. The average molecular weight is 422 g/mol. The molecule has 1 N–H and O–H groups in total. The number of carbonyl (C=O) groups is 1. The Morgan fingerprint density at radius 3 is 2.52 bits per heavy atom. The quantitative estimate of drug-likeness (QED) is 0.468. The first-order chi connectivity index (χ1) is 14.1. The van der Waals surface area contributed by atoms with Crippen molar-refractivity contribution >= 4 is 34.7 Å². The minimum Gasteiger partial charge on any atom is -0.381 e. The van der Waals surface area contributed by atoms with Gasteiger partial charge in [-0.2, -0.15) is 0 Å². The van der Waals surface area contributed by atoms with Gasteiger partial charge in [0.1, 0.15) is 0 Å². The van der Waals surface area contributed by atoms with Crippen LogP contribution in [0.25, 0.3) is 0 Å². The molecule has 0 unspecified atom stereocenters. The molecule has 0 saturated heterocycles. The molecule has 0 aromatic heterocycles. The van der Waals surface area contributed by atoms with Crippen LogP contribution in [0, 0.1) is 0 Å². The van der Waals surface area contributed by atoms with E-state index in [1.165, 1.54) is 11.1 Å². The number of ketones is 1. The van der Waals surface area contributed by atoms with Crippen LogP contribution in [0.2, 0.25) is 10.0 Å². The first-order valence-corrected chi connectivity index (χ1v) is 10.4. The van der Waals surface area contributed by atoms with E-state index in [0.29, 0.717) is 16.6 Å². The molecule has 0 fully saturated rings. The summed E-state index contributed by atoms with van der Waals surface area (Å²) in [6.45, 7) is 0.669. The molecule has 0 saturated carbocycles. The summed E-state index contributed by atoms with van der Waals surface area (Å²) in [6.07, 6.45) is 4.41. The van der Waals surface area contributed by atoms with Gasteiger partial charge in [-0.15, -0.1) is 0 Å². The van der Waals surface area contributed by atoms with Crippen molar-refractivity contribution in [1.82, 2.24) is 0 Å². The van der Waals surface area contributed by atoms with Crippen LogP contribution in [-0.2, 0) is 19.4 Å². The van der Waals surface area contributed by atoms with Gasteiger partial charge in [-0.05, 0) is 60.2 Å². The molecule has 0 bridgehead atoms. The number of fused-ring (bicyclic) bond motifs is 1. The summed E-state index contributed by atoms with van der Waals surface area (Å²) in [5.41, 5.74) is 6.56. The molecule has 1 aliphatic rings. The third-order valence-corrected chi connectivity index (χ3v) is 5.97. The number of nitrogens with one attached hydrogen (secondary N) is 1. The number of hydrogen-bond acceptors (Lipinski definition) is 2. The Balaban J connectivity index is 1.42. The Hall–Kier alpha value is -2.55. The molecule has 29 heavy (non-hydrogen) atoms. The van der Waals surface area contributed by atoms with Gasteiger partial charge in [0.2, 0.25) is 0 Å². The second kappa shape index (κ2) is 8.86. The Morgan fingerprint density at radius 1 is 0.862 bits per heavy atom. The van der Waals surface area contributed by atoms with E-state index in [4.69, 9.17) is 23.2 Å². The number of rotatable bonds is 6. The summed E-state index contributed by atoms with van der Waals surface area (Å²) in [5.74, 6) is 0.118. The molecule has 4 heteroatoms. The number of para-hydroxylation sites is 1. The van der Waals surface area contributed by atoms with E-state index in [-0.39, 0.29) is 5.78 Å². The maximum Gasteiger partial charge on any atom is 0.186 e. The summed E-state index contributed by atoms with van der Waals surface area (Å²) in [5, 5.41) is 4.63. The Morgan fingerprint density at radius 2 is 1.66 bits per heavy atom. The highest BCUT2D eigenvalue weighted by Gasteiger charge is 2.17. The van der Waals surface area contributed by atoms with Gasteiger partial charge in [-0.25, -0.2) is 0 Å². The zero-order valence-electron chi connectivity index (χ0n) is 15.9. The standard InChI is InChI=1S/C25H21Cl2NO/c26-22-12-10-18(14-23(22)27)16-28-24-8-4-2-5-19(24)11-9-17-13-20-6-1-3-7-21(20)25(29)15-17/h1-8,10,12,14-15,28H,9,11,13,16H2. The van der Waals surface area contributed by atoms with Crippen molar-refractivity contribution < 1.29 is 4.79 Å². The van der Waals surface area contributed by atoms with E-state index in [1.807, 2.05) is 54.6 Å². The molecule has 0 heterocycles. The third-order valence-electron chi connectivity index (χ3n) is 5.24. The number of allylic oxidation sites excluding steroid dienone is 2. The SMILES string of the molecule is O=C1C=C(CCc2ccccc2NCc2ccc(Cl)c(Cl)c2)Cc2ccccc21. The monoisotopic (exact) mass is 421 g/mol. The Kier molecular flexibility index (Phi) is 6.03. The van der Waals surface area contributed by atoms with Crippen LogP contribution in [0.4, 0.5) is 5.69 Å². The lowest BCUT2D eigenvalue weighted by Gasteiger charge is -2.17. The van der Waals surface area contributed by atoms with Crippen LogP contribution in [0.15, 0.2) is 78.4 Å². The summed E-state index contributed by atoms with van der Waals surface area (Å²) in [4.78, 5) is 12.4. The maximum atomic E-state index is 12.4. The van der Waals surface area contributed by atoms with E-state index in [1.54, 1.807) is 0 Å². The predicted molar refractivity (Wildman–Crippen MR) is 121 cm³/mol. The van der Waals surface area contributed by atoms with E-state index in [9.17, 15) is 4.79 Å².